The first kappa shape index (κ1) is 19.9. The Morgan fingerprint density at radius 2 is 1.71 bits per heavy atom. The van der Waals surface area contributed by atoms with Crippen molar-refractivity contribution in [2.24, 2.45) is 5.92 Å². The van der Waals surface area contributed by atoms with Gasteiger partial charge in [-0.1, -0.05) is 49.2 Å². The molecule has 4 rings (SSSR count). The summed E-state index contributed by atoms with van der Waals surface area (Å²) in [7, 11) is 1.31. The Bertz CT molecular complexity index is 759. The molecule has 0 bridgehead atoms. The summed E-state index contributed by atoms with van der Waals surface area (Å²) in [5, 5.41) is 0. The van der Waals surface area contributed by atoms with E-state index in [0.717, 1.165) is 19.3 Å². The summed E-state index contributed by atoms with van der Waals surface area (Å²) in [5.41, 5.74) is 1.17. The van der Waals surface area contributed by atoms with Crippen molar-refractivity contribution in [2.45, 2.75) is 56.5 Å². The molecule has 0 N–H and O–H groups in total. The van der Waals surface area contributed by atoms with Crippen molar-refractivity contribution in [3.05, 3.63) is 47.8 Å². The molecule has 6 heteroatoms. The van der Waals surface area contributed by atoms with E-state index in [0.29, 0.717) is 25.1 Å². The summed E-state index contributed by atoms with van der Waals surface area (Å²) in [5.74, 6) is 2.10. The third-order valence-corrected chi connectivity index (χ3v) is 9.88. The molecule has 2 aliphatic heterocycles. The zero-order valence-corrected chi connectivity index (χ0v) is 17.8. The van der Waals surface area contributed by atoms with Crippen molar-refractivity contribution in [1.29, 1.82) is 0 Å². The number of hydrogen-bond acceptors (Lipinski definition) is 3. The lowest BCUT2D eigenvalue weighted by Gasteiger charge is -2.29. The largest absolute Gasteiger partial charge is 0.466 e. The molecule has 3 fully saturated rings. The Morgan fingerprint density at radius 1 is 1.07 bits per heavy atom. The van der Waals surface area contributed by atoms with Crippen LogP contribution in [-0.4, -0.2) is 48.1 Å². The third-order valence-electron chi connectivity index (χ3n) is 6.92. The summed E-state index contributed by atoms with van der Waals surface area (Å²) < 4.78 is 23.4. The Balaban J connectivity index is 1.63. The maximum atomic E-state index is 14.0. The molecule has 4 atom stereocenters. The van der Waals surface area contributed by atoms with Crippen LogP contribution in [0.3, 0.4) is 0 Å². The number of fused-ring (bicyclic) bond motifs is 1. The van der Waals surface area contributed by atoms with Gasteiger partial charge in [0.1, 0.15) is 0 Å². The normalized spacial score (nSPS) is 32.2. The zero-order chi connectivity index (χ0) is 19.7. The fourth-order valence-corrected chi connectivity index (χ4v) is 7.91. The van der Waals surface area contributed by atoms with Gasteiger partial charge in [-0.05, 0) is 44.8 Å². The Hall–Kier alpha value is -1.42. The first-order valence-corrected chi connectivity index (χ1v) is 12.1. The van der Waals surface area contributed by atoms with Gasteiger partial charge in [0.2, 0.25) is 7.44 Å². The molecule has 1 unspecified atom stereocenters. The maximum absolute atomic E-state index is 14.0. The molecule has 0 aromatic heterocycles. The summed E-state index contributed by atoms with van der Waals surface area (Å²) in [4.78, 5) is 11.9. The van der Waals surface area contributed by atoms with Gasteiger partial charge < -0.3 is 4.74 Å². The van der Waals surface area contributed by atoms with Crippen LogP contribution in [0.25, 0.3) is 0 Å². The van der Waals surface area contributed by atoms with Crippen LogP contribution in [0.5, 0.6) is 0 Å². The van der Waals surface area contributed by atoms with E-state index in [-0.39, 0.29) is 17.8 Å². The van der Waals surface area contributed by atoms with Gasteiger partial charge in [-0.3, -0.25) is 9.36 Å². The molecule has 1 saturated carbocycles. The molecular formula is C22H31N2O3P. The minimum absolute atomic E-state index is 0.0734. The average Bonchev–Trinajstić information content (AvgIpc) is 2.91. The van der Waals surface area contributed by atoms with Crippen LogP contribution in [0, 0.1) is 5.92 Å². The van der Waals surface area contributed by atoms with Gasteiger partial charge in [-0.15, -0.1) is 0 Å². The second-order valence-electron chi connectivity index (χ2n) is 8.41. The summed E-state index contributed by atoms with van der Waals surface area (Å²) in [6, 6.07) is 11.0. The SMILES string of the molecule is CN1[C@@H]2CCCC[C@H]2N(C)P1(=O)/C=C/[C@H](c1ccccc1)C1CCOC(=O)C1. The lowest BCUT2D eigenvalue weighted by Crippen LogP contribution is -2.37. The Morgan fingerprint density at radius 3 is 2.32 bits per heavy atom. The first-order chi connectivity index (χ1) is 13.5. The molecule has 28 heavy (non-hydrogen) atoms. The highest BCUT2D eigenvalue weighted by atomic mass is 31.2. The van der Waals surface area contributed by atoms with Crippen LogP contribution < -0.4 is 0 Å². The molecule has 1 aromatic carbocycles. The minimum atomic E-state index is -2.73. The van der Waals surface area contributed by atoms with Crippen LogP contribution >= 0.6 is 7.44 Å². The van der Waals surface area contributed by atoms with Crippen LogP contribution in [0.1, 0.15) is 50.0 Å². The molecule has 0 amide bonds. The lowest BCUT2D eigenvalue weighted by molar-refractivity contribution is -0.149. The molecule has 2 saturated heterocycles. The number of carbonyl (C=O) groups is 1. The number of esters is 1. The topological polar surface area (TPSA) is 49.9 Å². The molecule has 1 aromatic rings. The van der Waals surface area contributed by atoms with E-state index in [1.807, 2.05) is 38.1 Å². The summed E-state index contributed by atoms with van der Waals surface area (Å²) in [6.45, 7) is 0.474. The third kappa shape index (κ3) is 3.60. The van der Waals surface area contributed by atoms with Crippen molar-refractivity contribution in [2.75, 3.05) is 20.7 Å². The molecule has 2 heterocycles. The monoisotopic (exact) mass is 402 g/mol. The van der Waals surface area contributed by atoms with E-state index >= 15 is 0 Å². The second kappa shape index (κ2) is 8.14. The van der Waals surface area contributed by atoms with E-state index in [4.69, 9.17) is 4.74 Å². The average molecular weight is 402 g/mol. The van der Waals surface area contributed by atoms with Gasteiger partial charge in [0.25, 0.3) is 0 Å². The minimum Gasteiger partial charge on any atom is -0.466 e. The molecule has 152 valence electrons. The standard InChI is InChI=1S/C22H31N2O3P/c1-23-20-10-6-7-11-21(20)24(2)28(23,26)15-13-19(17-8-4-3-5-9-17)18-12-14-27-22(25)16-18/h3-5,8-9,13,15,18-21H,6-7,10-12,14,16H2,1-2H3/b15-13+/t18?,19-,20-,21-/m1/s1. The van der Waals surface area contributed by atoms with Crippen molar-refractivity contribution in [3.63, 3.8) is 0 Å². The number of ether oxygens (including phenoxy) is 1. The fraction of sp³-hybridized carbons (Fsp3) is 0.591. The number of benzene rings is 1. The van der Waals surface area contributed by atoms with Crippen LogP contribution in [-0.2, 0) is 14.1 Å². The summed E-state index contributed by atoms with van der Waals surface area (Å²) >= 11 is 0. The number of nitrogens with zero attached hydrogens (tertiary/aromatic N) is 2. The van der Waals surface area contributed by atoms with Gasteiger partial charge in [0, 0.05) is 30.2 Å². The highest BCUT2D eigenvalue weighted by Crippen LogP contribution is 2.63. The van der Waals surface area contributed by atoms with E-state index in [2.05, 4.69) is 27.5 Å². The highest BCUT2D eigenvalue weighted by Gasteiger charge is 2.50. The smallest absolute Gasteiger partial charge is 0.306 e. The second-order valence-corrected chi connectivity index (χ2v) is 11.1. The molecule has 0 spiro atoms. The highest BCUT2D eigenvalue weighted by molar-refractivity contribution is 7.62. The van der Waals surface area contributed by atoms with Crippen molar-refractivity contribution < 1.29 is 14.1 Å². The quantitative estimate of drug-likeness (QED) is 0.543. The predicted molar refractivity (Wildman–Crippen MR) is 111 cm³/mol. The van der Waals surface area contributed by atoms with E-state index in [9.17, 15) is 9.36 Å². The van der Waals surface area contributed by atoms with Crippen LogP contribution in [0.15, 0.2) is 42.2 Å². The van der Waals surface area contributed by atoms with Gasteiger partial charge in [-0.2, -0.15) is 0 Å². The molecule has 3 aliphatic rings. The number of cyclic esters (lactones) is 1. The molecule has 5 nitrogen and oxygen atoms in total. The fourth-order valence-electron chi connectivity index (χ4n) is 5.25. The van der Waals surface area contributed by atoms with E-state index in [1.54, 1.807) is 0 Å². The van der Waals surface area contributed by atoms with Crippen LogP contribution in [0.2, 0.25) is 0 Å². The van der Waals surface area contributed by atoms with Gasteiger partial charge in [-0.25, -0.2) is 9.34 Å². The first-order valence-electron chi connectivity index (χ1n) is 10.5. The van der Waals surface area contributed by atoms with Gasteiger partial charge >= 0.3 is 5.97 Å². The number of hydrogen-bond donors (Lipinski definition) is 0. The van der Waals surface area contributed by atoms with Crippen LogP contribution in [0.4, 0.5) is 0 Å². The molecule has 0 radical (unpaired) electrons. The Kier molecular flexibility index (Phi) is 5.78. The van der Waals surface area contributed by atoms with E-state index in [1.165, 1.54) is 18.4 Å². The Labute approximate surface area is 168 Å². The number of rotatable bonds is 4. The predicted octanol–water partition coefficient (Wildman–Crippen LogP) is 4.62. The number of likely N-dealkylation sites (N-methyl/N-ethyl adjacent to an activating group) is 2. The van der Waals surface area contributed by atoms with Crippen molar-refractivity contribution >= 4 is 13.4 Å². The van der Waals surface area contributed by atoms with Crippen molar-refractivity contribution in [1.82, 2.24) is 9.34 Å². The van der Waals surface area contributed by atoms with Gasteiger partial charge in [0.15, 0.2) is 0 Å². The zero-order valence-electron chi connectivity index (χ0n) is 16.9. The number of allylic oxidation sites excluding steroid dienone is 1. The lowest BCUT2D eigenvalue weighted by atomic mass is 9.81. The maximum Gasteiger partial charge on any atom is 0.306 e. The summed E-state index contributed by atoms with van der Waals surface area (Å²) in [6.07, 6.45) is 8.07. The van der Waals surface area contributed by atoms with E-state index < -0.39 is 7.44 Å². The number of carbonyl (C=O) groups excluding carboxylic acids is 1. The molecular weight excluding hydrogens is 371 g/mol. The van der Waals surface area contributed by atoms with Crippen molar-refractivity contribution in [3.8, 4) is 0 Å². The van der Waals surface area contributed by atoms with Gasteiger partial charge in [0.05, 0.1) is 6.61 Å². The molecule has 1 aliphatic carbocycles.